The second kappa shape index (κ2) is 6.56. The van der Waals surface area contributed by atoms with Crippen molar-refractivity contribution in [1.82, 2.24) is 0 Å². The van der Waals surface area contributed by atoms with Gasteiger partial charge < -0.3 is 10.1 Å². The number of nitrogens with one attached hydrogen (secondary N) is 1. The average molecular weight is 367 g/mol. The molecule has 0 aliphatic rings. The Morgan fingerprint density at radius 3 is 2.74 bits per heavy atom. The lowest BCUT2D eigenvalue weighted by molar-refractivity contribution is 0.0599. The number of anilines is 1. The van der Waals surface area contributed by atoms with E-state index in [9.17, 15) is 4.79 Å². The van der Waals surface area contributed by atoms with Crippen molar-refractivity contribution in [3.05, 3.63) is 63.2 Å². The van der Waals surface area contributed by atoms with Crippen molar-refractivity contribution in [2.45, 2.75) is 6.54 Å². The second-order valence-electron chi connectivity index (χ2n) is 4.01. The molecule has 0 fully saturated rings. The molecular weight excluding hydrogens is 353 g/mol. The number of carbonyl (C=O) groups excluding carboxylic acids is 1. The lowest BCUT2D eigenvalue weighted by atomic mass is 10.1. The molecule has 0 saturated heterocycles. The van der Waals surface area contributed by atoms with Crippen molar-refractivity contribution < 1.29 is 9.53 Å². The Morgan fingerprint density at radius 1 is 1.21 bits per heavy atom. The molecule has 0 bridgehead atoms. The van der Waals surface area contributed by atoms with Gasteiger partial charge in [0, 0.05) is 15.8 Å². The lowest BCUT2D eigenvalue weighted by Gasteiger charge is -2.10. The van der Waals surface area contributed by atoms with E-state index in [-0.39, 0.29) is 5.97 Å². The highest BCUT2D eigenvalue weighted by molar-refractivity contribution is 14.1. The summed E-state index contributed by atoms with van der Waals surface area (Å²) in [5, 5.41) is 3.31. The van der Waals surface area contributed by atoms with E-state index in [4.69, 9.17) is 4.74 Å². The first-order chi connectivity index (χ1) is 9.20. The van der Waals surface area contributed by atoms with Crippen molar-refractivity contribution in [2.75, 3.05) is 12.4 Å². The average Bonchev–Trinajstić information content (AvgIpc) is 2.45. The molecule has 0 atom stereocenters. The van der Waals surface area contributed by atoms with Crippen LogP contribution in [0.4, 0.5) is 5.69 Å². The molecule has 4 heteroatoms. The first kappa shape index (κ1) is 13.9. The minimum absolute atomic E-state index is 0.306. The number of benzene rings is 2. The van der Waals surface area contributed by atoms with Gasteiger partial charge in [0.25, 0.3) is 0 Å². The van der Waals surface area contributed by atoms with E-state index in [2.05, 4.69) is 34.0 Å². The maximum Gasteiger partial charge on any atom is 0.338 e. The van der Waals surface area contributed by atoms with Crippen molar-refractivity contribution in [1.29, 1.82) is 0 Å². The van der Waals surface area contributed by atoms with Crippen molar-refractivity contribution >= 4 is 34.2 Å². The van der Waals surface area contributed by atoms with E-state index in [1.165, 1.54) is 10.7 Å². The van der Waals surface area contributed by atoms with Crippen LogP contribution in [0, 0.1) is 3.57 Å². The normalized spacial score (nSPS) is 10.0. The van der Waals surface area contributed by atoms with Gasteiger partial charge in [0.2, 0.25) is 0 Å². The van der Waals surface area contributed by atoms with Crippen LogP contribution in [-0.2, 0) is 11.3 Å². The van der Waals surface area contributed by atoms with Crippen LogP contribution < -0.4 is 5.32 Å². The molecular formula is C15H14INO2. The number of hydrogen-bond donors (Lipinski definition) is 1. The molecule has 0 aliphatic heterocycles. The molecule has 98 valence electrons. The fourth-order valence-corrected chi connectivity index (χ4v) is 2.32. The highest BCUT2D eigenvalue weighted by Gasteiger charge is 2.10. The van der Waals surface area contributed by atoms with E-state index >= 15 is 0 Å². The Hall–Kier alpha value is -1.56. The van der Waals surface area contributed by atoms with Crippen LogP contribution in [0.5, 0.6) is 0 Å². The van der Waals surface area contributed by atoms with E-state index in [1.54, 1.807) is 6.07 Å². The summed E-state index contributed by atoms with van der Waals surface area (Å²) in [6.45, 7) is 0.589. The summed E-state index contributed by atoms with van der Waals surface area (Å²) in [5.41, 5.74) is 2.56. The zero-order valence-corrected chi connectivity index (χ0v) is 12.7. The number of methoxy groups -OCH3 is 1. The van der Waals surface area contributed by atoms with Crippen molar-refractivity contribution in [3.8, 4) is 0 Å². The minimum atomic E-state index is -0.306. The molecule has 0 saturated carbocycles. The summed E-state index contributed by atoms with van der Waals surface area (Å²) in [7, 11) is 1.39. The SMILES string of the molecule is COC(=O)c1ccccc1CNc1cccc(I)c1. The van der Waals surface area contributed by atoms with Gasteiger partial charge in [0.1, 0.15) is 0 Å². The largest absolute Gasteiger partial charge is 0.465 e. The fourth-order valence-electron chi connectivity index (χ4n) is 1.78. The highest BCUT2D eigenvalue weighted by Crippen LogP contribution is 2.16. The quantitative estimate of drug-likeness (QED) is 0.662. The van der Waals surface area contributed by atoms with Gasteiger partial charge in [0.05, 0.1) is 12.7 Å². The monoisotopic (exact) mass is 367 g/mol. The van der Waals surface area contributed by atoms with E-state index in [0.29, 0.717) is 12.1 Å². The van der Waals surface area contributed by atoms with Gasteiger partial charge >= 0.3 is 5.97 Å². The summed E-state index contributed by atoms with van der Waals surface area (Å²) >= 11 is 2.27. The molecule has 0 radical (unpaired) electrons. The number of rotatable bonds is 4. The summed E-state index contributed by atoms with van der Waals surface area (Å²) < 4.78 is 5.95. The summed E-state index contributed by atoms with van der Waals surface area (Å²) in [5.74, 6) is -0.306. The molecule has 1 N–H and O–H groups in total. The molecule has 3 nitrogen and oxygen atoms in total. The van der Waals surface area contributed by atoms with Crippen LogP contribution in [0.25, 0.3) is 0 Å². The molecule has 2 aromatic carbocycles. The predicted molar refractivity (Wildman–Crippen MR) is 84.3 cm³/mol. The molecule has 19 heavy (non-hydrogen) atoms. The molecule has 0 aliphatic carbocycles. The molecule has 0 amide bonds. The first-order valence-corrected chi connectivity index (χ1v) is 6.94. The molecule has 2 aromatic rings. The van der Waals surface area contributed by atoms with E-state index < -0.39 is 0 Å². The third kappa shape index (κ3) is 3.70. The van der Waals surface area contributed by atoms with Crippen LogP contribution >= 0.6 is 22.6 Å². The first-order valence-electron chi connectivity index (χ1n) is 5.86. The number of ether oxygens (including phenoxy) is 1. The third-order valence-corrected chi connectivity index (χ3v) is 3.40. The van der Waals surface area contributed by atoms with Gasteiger partial charge in [-0.05, 0) is 52.4 Å². The van der Waals surface area contributed by atoms with Gasteiger partial charge in [-0.25, -0.2) is 4.79 Å². The maximum atomic E-state index is 11.6. The van der Waals surface area contributed by atoms with Crippen LogP contribution in [0.2, 0.25) is 0 Å². The number of esters is 1. The zero-order valence-electron chi connectivity index (χ0n) is 10.5. The number of carbonyl (C=O) groups is 1. The van der Waals surface area contributed by atoms with E-state index in [1.807, 2.05) is 36.4 Å². The Labute approximate surface area is 126 Å². The third-order valence-electron chi connectivity index (χ3n) is 2.73. The van der Waals surface area contributed by atoms with Gasteiger partial charge in [-0.2, -0.15) is 0 Å². The Balaban J connectivity index is 2.13. The van der Waals surface area contributed by atoms with Crippen LogP contribution in [0.1, 0.15) is 15.9 Å². The molecule has 0 aromatic heterocycles. The Kier molecular flexibility index (Phi) is 4.79. The van der Waals surface area contributed by atoms with Gasteiger partial charge in [-0.1, -0.05) is 24.3 Å². The summed E-state index contributed by atoms with van der Waals surface area (Å²) in [6.07, 6.45) is 0. The lowest BCUT2D eigenvalue weighted by Crippen LogP contribution is -2.09. The summed E-state index contributed by atoms with van der Waals surface area (Å²) in [4.78, 5) is 11.6. The van der Waals surface area contributed by atoms with Gasteiger partial charge in [0.15, 0.2) is 0 Å². The molecule has 0 heterocycles. The minimum Gasteiger partial charge on any atom is -0.465 e. The number of hydrogen-bond acceptors (Lipinski definition) is 3. The predicted octanol–water partition coefficient (Wildman–Crippen LogP) is 3.69. The van der Waals surface area contributed by atoms with Gasteiger partial charge in [-0.15, -0.1) is 0 Å². The second-order valence-corrected chi connectivity index (χ2v) is 5.26. The zero-order chi connectivity index (χ0) is 13.7. The fraction of sp³-hybridized carbons (Fsp3) is 0.133. The standard InChI is InChI=1S/C15H14INO2/c1-19-15(18)14-8-3-2-5-11(14)10-17-13-7-4-6-12(16)9-13/h2-9,17H,10H2,1H3. The molecule has 0 unspecified atom stereocenters. The number of halogens is 1. The van der Waals surface area contributed by atoms with Crippen molar-refractivity contribution in [3.63, 3.8) is 0 Å². The maximum absolute atomic E-state index is 11.6. The molecule has 0 spiro atoms. The highest BCUT2D eigenvalue weighted by atomic mass is 127. The van der Waals surface area contributed by atoms with E-state index in [0.717, 1.165) is 11.3 Å². The van der Waals surface area contributed by atoms with Gasteiger partial charge in [-0.3, -0.25) is 0 Å². The smallest absolute Gasteiger partial charge is 0.338 e. The topological polar surface area (TPSA) is 38.3 Å². The van der Waals surface area contributed by atoms with Crippen LogP contribution in [0.15, 0.2) is 48.5 Å². The Bertz CT molecular complexity index is 584. The Morgan fingerprint density at radius 2 is 2.00 bits per heavy atom. The van der Waals surface area contributed by atoms with Crippen LogP contribution in [-0.4, -0.2) is 13.1 Å². The van der Waals surface area contributed by atoms with Crippen molar-refractivity contribution in [2.24, 2.45) is 0 Å². The summed E-state index contributed by atoms with van der Waals surface area (Å²) in [6, 6.07) is 15.5. The molecule has 2 rings (SSSR count). The van der Waals surface area contributed by atoms with Crippen LogP contribution in [0.3, 0.4) is 0 Å².